The molecule has 0 saturated heterocycles. The molecule has 3 N–H and O–H groups in total. The SMILES string of the molecule is CCS(=O)(=O)NC(CCSC)C(=O)Nc1cc(C)[nH]n1. The largest absolute Gasteiger partial charge is 0.308 e. The molecule has 1 atom stereocenters. The Hall–Kier alpha value is -1.06. The third kappa shape index (κ3) is 5.51. The van der Waals surface area contributed by atoms with Gasteiger partial charge < -0.3 is 5.32 Å². The summed E-state index contributed by atoms with van der Waals surface area (Å²) < 4.78 is 25.6. The quantitative estimate of drug-likeness (QED) is 0.655. The molecule has 0 aliphatic carbocycles. The van der Waals surface area contributed by atoms with Gasteiger partial charge in [0.1, 0.15) is 6.04 Å². The summed E-state index contributed by atoms with van der Waals surface area (Å²) in [7, 11) is -3.43. The molecule has 0 aliphatic rings. The van der Waals surface area contributed by atoms with E-state index in [1.165, 1.54) is 6.92 Å². The number of sulfonamides is 1. The van der Waals surface area contributed by atoms with E-state index in [0.717, 1.165) is 5.69 Å². The molecular formula is C11H20N4O3S2. The number of amides is 1. The summed E-state index contributed by atoms with van der Waals surface area (Å²) >= 11 is 1.55. The van der Waals surface area contributed by atoms with Crippen LogP contribution in [0, 0.1) is 6.92 Å². The number of carbonyl (C=O) groups excluding carboxylic acids is 1. The van der Waals surface area contributed by atoms with Gasteiger partial charge in [-0.15, -0.1) is 0 Å². The number of rotatable bonds is 8. The second-order valence-corrected chi connectivity index (χ2v) is 7.31. The first-order valence-corrected chi connectivity index (χ1v) is 9.24. The lowest BCUT2D eigenvalue weighted by Gasteiger charge is -2.16. The number of nitrogens with zero attached hydrogens (tertiary/aromatic N) is 1. The Morgan fingerprint density at radius 3 is 2.75 bits per heavy atom. The highest BCUT2D eigenvalue weighted by atomic mass is 32.2. The van der Waals surface area contributed by atoms with Crippen LogP contribution in [0.25, 0.3) is 0 Å². The fraction of sp³-hybridized carbons (Fsp3) is 0.636. The van der Waals surface area contributed by atoms with E-state index in [1.807, 2.05) is 13.2 Å². The van der Waals surface area contributed by atoms with Gasteiger partial charge in [-0.25, -0.2) is 13.1 Å². The van der Waals surface area contributed by atoms with Gasteiger partial charge in [0.15, 0.2) is 5.82 Å². The maximum absolute atomic E-state index is 12.1. The smallest absolute Gasteiger partial charge is 0.243 e. The Kier molecular flexibility index (Phi) is 6.50. The molecular weight excluding hydrogens is 300 g/mol. The molecule has 1 heterocycles. The van der Waals surface area contributed by atoms with Crippen molar-refractivity contribution >= 4 is 33.5 Å². The molecule has 20 heavy (non-hydrogen) atoms. The molecule has 0 fully saturated rings. The van der Waals surface area contributed by atoms with Gasteiger partial charge in [0.2, 0.25) is 15.9 Å². The van der Waals surface area contributed by atoms with Crippen LogP contribution >= 0.6 is 11.8 Å². The van der Waals surface area contributed by atoms with Crippen LogP contribution in [-0.4, -0.2) is 48.3 Å². The average molecular weight is 320 g/mol. The molecule has 1 aromatic rings. The van der Waals surface area contributed by atoms with Crippen molar-refractivity contribution in [3.05, 3.63) is 11.8 Å². The molecule has 0 bridgehead atoms. The minimum absolute atomic E-state index is 0.0580. The van der Waals surface area contributed by atoms with Crippen molar-refractivity contribution in [1.82, 2.24) is 14.9 Å². The number of carbonyl (C=O) groups is 1. The number of H-pyrrole nitrogens is 1. The number of aryl methyl sites for hydroxylation is 1. The lowest BCUT2D eigenvalue weighted by Crippen LogP contribution is -2.44. The Labute approximate surface area is 123 Å². The van der Waals surface area contributed by atoms with Crippen molar-refractivity contribution in [2.24, 2.45) is 0 Å². The predicted octanol–water partition coefficient (Wildman–Crippen LogP) is 0.718. The zero-order valence-electron chi connectivity index (χ0n) is 11.8. The van der Waals surface area contributed by atoms with Crippen LogP contribution < -0.4 is 10.0 Å². The van der Waals surface area contributed by atoms with Crippen LogP contribution in [0.2, 0.25) is 0 Å². The maximum Gasteiger partial charge on any atom is 0.243 e. The van der Waals surface area contributed by atoms with Crippen molar-refractivity contribution in [2.45, 2.75) is 26.3 Å². The van der Waals surface area contributed by atoms with Crippen molar-refractivity contribution in [1.29, 1.82) is 0 Å². The Morgan fingerprint density at radius 1 is 1.55 bits per heavy atom. The van der Waals surface area contributed by atoms with Crippen molar-refractivity contribution < 1.29 is 13.2 Å². The molecule has 1 amide bonds. The normalized spacial score (nSPS) is 13.2. The summed E-state index contributed by atoms with van der Waals surface area (Å²) in [6.07, 6.45) is 2.33. The van der Waals surface area contributed by atoms with E-state index in [4.69, 9.17) is 0 Å². The van der Waals surface area contributed by atoms with Crippen LogP contribution in [-0.2, 0) is 14.8 Å². The number of thioether (sulfide) groups is 1. The molecule has 0 saturated carbocycles. The lowest BCUT2D eigenvalue weighted by molar-refractivity contribution is -0.117. The number of hydrogen-bond acceptors (Lipinski definition) is 5. The second kappa shape index (κ2) is 7.65. The number of hydrogen-bond donors (Lipinski definition) is 3. The van der Waals surface area contributed by atoms with Crippen LogP contribution in [0.1, 0.15) is 19.0 Å². The van der Waals surface area contributed by atoms with Crippen molar-refractivity contribution in [3.8, 4) is 0 Å². The first-order valence-electron chi connectivity index (χ1n) is 6.19. The maximum atomic E-state index is 12.1. The summed E-state index contributed by atoms with van der Waals surface area (Å²) in [6.45, 7) is 3.34. The van der Waals surface area contributed by atoms with Gasteiger partial charge >= 0.3 is 0 Å². The van der Waals surface area contributed by atoms with Gasteiger partial charge in [-0.3, -0.25) is 9.89 Å². The van der Waals surface area contributed by atoms with E-state index in [2.05, 4.69) is 20.2 Å². The van der Waals surface area contributed by atoms with E-state index in [0.29, 0.717) is 18.0 Å². The van der Waals surface area contributed by atoms with Crippen LogP contribution in [0.3, 0.4) is 0 Å². The molecule has 1 aromatic heterocycles. The van der Waals surface area contributed by atoms with E-state index >= 15 is 0 Å². The standard InChI is InChI=1S/C11H20N4O3S2/c1-4-20(17,18)15-9(5-6-19-3)11(16)12-10-7-8(2)13-14-10/h7,9,15H,4-6H2,1-3H3,(H2,12,13,14,16). The van der Waals surface area contributed by atoms with Gasteiger partial charge in [-0.2, -0.15) is 16.9 Å². The summed E-state index contributed by atoms with van der Waals surface area (Å²) in [6, 6.07) is 0.891. The zero-order chi connectivity index (χ0) is 15.2. The fourth-order valence-electron chi connectivity index (χ4n) is 1.47. The molecule has 1 unspecified atom stereocenters. The third-order valence-corrected chi connectivity index (χ3v) is 4.63. The van der Waals surface area contributed by atoms with Crippen LogP contribution in [0.5, 0.6) is 0 Å². The molecule has 0 radical (unpaired) electrons. The summed E-state index contributed by atoms with van der Waals surface area (Å²) in [5, 5.41) is 9.20. The monoisotopic (exact) mass is 320 g/mol. The minimum Gasteiger partial charge on any atom is -0.308 e. The number of anilines is 1. The van der Waals surface area contributed by atoms with Gasteiger partial charge in [-0.05, 0) is 32.3 Å². The Balaban J connectivity index is 2.73. The van der Waals surface area contributed by atoms with Crippen LogP contribution in [0.15, 0.2) is 6.07 Å². The number of aromatic nitrogens is 2. The van der Waals surface area contributed by atoms with Crippen molar-refractivity contribution in [3.63, 3.8) is 0 Å². The first-order chi connectivity index (χ1) is 9.38. The minimum atomic E-state index is -3.43. The molecule has 114 valence electrons. The first kappa shape index (κ1) is 17.0. The molecule has 9 heteroatoms. The number of nitrogens with one attached hydrogen (secondary N) is 3. The van der Waals surface area contributed by atoms with Crippen LogP contribution in [0.4, 0.5) is 5.82 Å². The molecule has 1 rings (SSSR count). The summed E-state index contributed by atoms with van der Waals surface area (Å²) in [5.41, 5.74) is 0.815. The summed E-state index contributed by atoms with van der Waals surface area (Å²) in [5.74, 6) is 0.613. The van der Waals surface area contributed by atoms with Gasteiger partial charge in [0.25, 0.3) is 0 Å². The van der Waals surface area contributed by atoms with Gasteiger partial charge in [0.05, 0.1) is 5.75 Å². The third-order valence-electron chi connectivity index (χ3n) is 2.59. The predicted molar refractivity (Wildman–Crippen MR) is 81.3 cm³/mol. The second-order valence-electron chi connectivity index (χ2n) is 4.28. The summed E-state index contributed by atoms with van der Waals surface area (Å²) in [4.78, 5) is 12.1. The lowest BCUT2D eigenvalue weighted by atomic mass is 10.2. The van der Waals surface area contributed by atoms with Crippen molar-refractivity contribution in [2.75, 3.05) is 23.1 Å². The fourth-order valence-corrected chi connectivity index (χ4v) is 2.77. The van der Waals surface area contributed by atoms with Gasteiger partial charge in [0, 0.05) is 11.8 Å². The van der Waals surface area contributed by atoms with Gasteiger partial charge in [-0.1, -0.05) is 0 Å². The highest BCUT2D eigenvalue weighted by Gasteiger charge is 2.23. The molecule has 0 aliphatic heterocycles. The Bertz CT molecular complexity index is 542. The van der Waals surface area contributed by atoms with E-state index < -0.39 is 22.0 Å². The van der Waals surface area contributed by atoms with E-state index in [1.54, 1.807) is 17.8 Å². The highest BCUT2D eigenvalue weighted by molar-refractivity contribution is 7.98. The Morgan fingerprint density at radius 2 is 2.25 bits per heavy atom. The topological polar surface area (TPSA) is 104 Å². The molecule has 0 spiro atoms. The molecule has 0 aromatic carbocycles. The van der Waals surface area contributed by atoms with E-state index in [9.17, 15) is 13.2 Å². The molecule has 7 nitrogen and oxygen atoms in total. The zero-order valence-corrected chi connectivity index (χ0v) is 13.4. The number of aromatic amines is 1. The average Bonchev–Trinajstić information content (AvgIpc) is 2.79. The van der Waals surface area contributed by atoms with E-state index in [-0.39, 0.29) is 5.75 Å². The highest BCUT2D eigenvalue weighted by Crippen LogP contribution is 2.08.